The minimum absolute atomic E-state index is 0.128. The van der Waals surface area contributed by atoms with Gasteiger partial charge in [-0.1, -0.05) is 26.0 Å². The Morgan fingerprint density at radius 3 is 2.90 bits per heavy atom. The second-order valence-electron chi connectivity index (χ2n) is 6.19. The zero-order valence-corrected chi connectivity index (χ0v) is 12.7. The number of aryl methyl sites for hydroxylation is 2. The van der Waals surface area contributed by atoms with Crippen molar-refractivity contribution in [1.82, 2.24) is 14.8 Å². The van der Waals surface area contributed by atoms with Gasteiger partial charge >= 0.3 is 0 Å². The first-order chi connectivity index (χ1) is 10.1. The molecule has 1 aliphatic rings. The summed E-state index contributed by atoms with van der Waals surface area (Å²) in [5, 5.41) is 4.21. The SMILES string of the molecule is CC(C)Cn1ncnc1CC(=O)c1ccc2c(c1)CCC2. The minimum atomic E-state index is 0.128. The van der Waals surface area contributed by atoms with Crippen LogP contribution in [-0.4, -0.2) is 20.5 Å². The van der Waals surface area contributed by atoms with E-state index in [9.17, 15) is 4.79 Å². The Morgan fingerprint density at radius 2 is 2.10 bits per heavy atom. The summed E-state index contributed by atoms with van der Waals surface area (Å²) in [6, 6.07) is 6.12. The molecule has 3 rings (SSSR count). The number of carbonyl (C=O) groups excluding carboxylic acids is 1. The van der Waals surface area contributed by atoms with Gasteiger partial charge in [-0.3, -0.25) is 4.79 Å². The molecule has 0 saturated heterocycles. The predicted octanol–water partition coefficient (Wildman–Crippen LogP) is 2.85. The van der Waals surface area contributed by atoms with E-state index in [2.05, 4.69) is 36.1 Å². The molecule has 0 aliphatic heterocycles. The first-order valence-corrected chi connectivity index (χ1v) is 7.65. The maximum atomic E-state index is 12.5. The largest absolute Gasteiger partial charge is 0.294 e. The second-order valence-corrected chi connectivity index (χ2v) is 6.19. The van der Waals surface area contributed by atoms with Gasteiger partial charge < -0.3 is 0 Å². The number of rotatable bonds is 5. The zero-order valence-electron chi connectivity index (χ0n) is 12.7. The molecule has 4 nitrogen and oxygen atoms in total. The van der Waals surface area contributed by atoms with Crippen molar-refractivity contribution < 1.29 is 4.79 Å². The number of hydrogen-bond acceptors (Lipinski definition) is 3. The van der Waals surface area contributed by atoms with E-state index in [-0.39, 0.29) is 5.78 Å². The predicted molar refractivity (Wildman–Crippen MR) is 81.4 cm³/mol. The van der Waals surface area contributed by atoms with E-state index >= 15 is 0 Å². The number of aromatic nitrogens is 3. The third kappa shape index (κ3) is 3.04. The molecule has 0 bridgehead atoms. The van der Waals surface area contributed by atoms with Crippen molar-refractivity contribution in [3.63, 3.8) is 0 Å². The van der Waals surface area contributed by atoms with Crippen LogP contribution in [0.5, 0.6) is 0 Å². The van der Waals surface area contributed by atoms with Crippen molar-refractivity contribution in [2.75, 3.05) is 0 Å². The molecule has 0 atom stereocenters. The Bertz CT molecular complexity index is 658. The summed E-state index contributed by atoms with van der Waals surface area (Å²) in [5.74, 6) is 1.37. The third-order valence-corrected chi connectivity index (χ3v) is 3.97. The van der Waals surface area contributed by atoms with Gasteiger partial charge in [0.15, 0.2) is 5.78 Å². The molecule has 2 aromatic rings. The van der Waals surface area contributed by atoms with Gasteiger partial charge in [-0.2, -0.15) is 5.10 Å². The summed E-state index contributed by atoms with van der Waals surface area (Å²) < 4.78 is 1.84. The molecule has 4 heteroatoms. The second kappa shape index (κ2) is 5.80. The van der Waals surface area contributed by atoms with Gasteiger partial charge in [0.05, 0.1) is 6.42 Å². The lowest BCUT2D eigenvalue weighted by Gasteiger charge is -2.08. The number of benzene rings is 1. The molecule has 0 N–H and O–H groups in total. The maximum absolute atomic E-state index is 12.5. The minimum Gasteiger partial charge on any atom is -0.294 e. The summed E-state index contributed by atoms with van der Waals surface area (Å²) in [6.07, 6.45) is 5.31. The highest BCUT2D eigenvalue weighted by molar-refractivity contribution is 5.97. The first-order valence-electron chi connectivity index (χ1n) is 7.65. The number of Topliss-reactive ketones (excluding diaryl/α,β-unsaturated/α-hetero) is 1. The maximum Gasteiger partial charge on any atom is 0.170 e. The van der Waals surface area contributed by atoms with Crippen LogP contribution in [0.3, 0.4) is 0 Å². The molecule has 1 aliphatic carbocycles. The molecule has 1 heterocycles. The van der Waals surface area contributed by atoms with Crippen LogP contribution in [0.1, 0.15) is 47.6 Å². The van der Waals surface area contributed by atoms with Gasteiger partial charge in [0, 0.05) is 12.1 Å². The standard InChI is InChI=1S/C17H21N3O/c1-12(2)10-20-17(18-11-19-20)9-16(21)15-7-6-13-4-3-5-14(13)8-15/h6-8,11-12H,3-5,9-10H2,1-2H3. The Kier molecular flexibility index (Phi) is 3.86. The lowest BCUT2D eigenvalue weighted by Crippen LogP contribution is -2.14. The van der Waals surface area contributed by atoms with E-state index in [1.165, 1.54) is 23.9 Å². The molecule has 0 fully saturated rings. The van der Waals surface area contributed by atoms with Crippen LogP contribution in [0.2, 0.25) is 0 Å². The van der Waals surface area contributed by atoms with E-state index in [0.717, 1.165) is 30.8 Å². The van der Waals surface area contributed by atoms with E-state index < -0.39 is 0 Å². The van der Waals surface area contributed by atoms with Crippen molar-refractivity contribution in [3.8, 4) is 0 Å². The van der Waals surface area contributed by atoms with Crippen LogP contribution in [0.4, 0.5) is 0 Å². The fourth-order valence-electron chi connectivity index (χ4n) is 2.91. The van der Waals surface area contributed by atoms with E-state index in [0.29, 0.717) is 12.3 Å². The summed E-state index contributed by atoms with van der Waals surface area (Å²) in [4.78, 5) is 16.7. The molecule has 0 unspecified atom stereocenters. The molecule has 21 heavy (non-hydrogen) atoms. The molecule has 1 aromatic carbocycles. The van der Waals surface area contributed by atoms with Gasteiger partial charge in [-0.15, -0.1) is 0 Å². The van der Waals surface area contributed by atoms with Crippen molar-refractivity contribution >= 4 is 5.78 Å². The fraction of sp³-hybridized carbons (Fsp3) is 0.471. The molecule has 0 saturated carbocycles. The normalized spacial score (nSPS) is 13.7. The number of carbonyl (C=O) groups is 1. The lowest BCUT2D eigenvalue weighted by atomic mass is 10.0. The highest BCUT2D eigenvalue weighted by atomic mass is 16.1. The van der Waals surface area contributed by atoms with Crippen molar-refractivity contribution in [2.24, 2.45) is 5.92 Å². The average Bonchev–Trinajstić information content (AvgIpc) is 3.06. The fourth-order valence-corrected chi connectivity index (χ4v) is 2.91. The van der Waals surface area contributed by atoms with Gasteiger partial charge in [0.2, 0.25) is 0 Å². The van der Waals surface area contributed by atoms with Crippen LogP contribution in [-0.2, 0) is 25.8 Å². The summed E-state index contributed by atoms with van der Waals surface area (Å²) in [7, 11) is 0. The molecular formula is C17H21N3O. The number of nitrogens with zero attached hydrogens (tertiary/aromatic N) is 3. The Labute approximate surface area is 125 Å². The topological polar surface area (TPSA) is 47.8 Å². The monoisotopic (exact) mass is 283 g/mol. The molecule has 0 radical (unpaired) electrons. The van der Waals surface area contributed by atoms with Crippen LogP contribution in [0, 0.1) is 5.92 Å². The highest BCUT2D eigenvalue weighted by Crippen LogP contribution is 2.23. The third-order valence-electron chi connectivity index (χ3n) is 3.97. The smallest absolute Gasteiger partial charge is 0.170 e. The van der Waals surface area contributed by atoms with Gasteiger partial charge in [-0.05, 0) is 42.4 Å². The number of hydrogen-bond donors (Lipinski definition) is 0. The summed E-state index contributed by atoms with van der Waals surface area (Å²) in [6.45, 7) is 5.06. The van der Waals surface area contributed by atoms with E-state index in [1.807, 2.05) is 10.7 Å². The summed E-state index contributed by atoms with van der Waals surface area (Å²) >= 11 is 0. The molecular weight excluding hydrogens is 262 g/mol. The van der Waals surface area contributed by atoms with Crippen LogP contribution in [0.25, 0.3) is 0 Å². The first kappa shape index (κ1) is 14.0. The molecule has 0 amide bonds. The Morgan fingerprint density at radius 1 is 1.29 bits per heavy atom. The molecule has 1 aromatic heterocycles. The zero-order chi connectivity index (χ0) is 14.8. The van der Waals surface area contributed by atoms with E-state index in [1.54, 1.807) is 0 Å². The number of ketones is 1. The van der Waals surface area contributed by atoms with Crippen molar-refractivity contribution in [1.29, 1.82) is 0 Å². The van der Waals surface area contributed by atoms with Crippen molar-refractivity contribution in [2.45, 2.75) is 46.1 Å². The van der Waals surface area contributed by atoms with Crippen molar-refractivity contribution in [3.05, 3.63) is 47.0 Å². The number of fused-ring (bicyclic) bond motifs is 1. The molecule has 0 spiro atoms. The highest BCUT2D eigenvalue weighted by Gasteiger charge is 2.16. The van der Waals surface area contributed by atoms with Gasteiger partial charge in [-0.25, -0.2) is 9.67 Å². The molecule has 110 valence electrons. The van der Waals surface area contributed by atoms with Gasteiger partial charge in [0.1, 0.15) is 12.2 Å². The van der Waals surface area contributed by atoms with Crippen LogP contribution < -0.4 is 0 Å². The van der Waals surface area contributed by atoms with Crippen LogP contribution in [0.15, 0.2) is 24.5 Å². The summed E-state index contributed by atoms with van der Waals surface area (Å²) in [5.41, 5.74) is 3.54. The van der Waals surface area contributed by atoms with Gasteiger partial charge in [0.25, 0.3) is 0 Å². The Balaban J connectivity index is 1.76. The Hall–Kier alpha value is -1.97. The quantitative estimate of drug-likeness (QED) is 0.793. The average molecular weight is 283 g/mol. The van der Waals surface area contributed by atoms with E-state index in [4.69, 9.17) is 0 Å². The lowest BCUT2D eigenvalue weighted by molar-refractivity contribution is 0.0989. The van der Waals surface area contributed by atoms with Crippen LogP contribution >= 0.6 is 0 Å².